The van der Waals surface area contributed by atoms with Gasteiger partial charge in [-0.25, -0.2) is 24.5 Å². The van der Waals surface area contributed by atoms with E-state index in [-0.39, 0.29) is 0 Å². The van der Waals surface area contributed by atoms with Gasteiger partial charge in [-0.1, -0.05) is 0 Å². The maximum absolute atomic E-state index is 9.55. The Morgan fingerprint density at radius 3 is 2.26 bits per heavy atom. The Bertz CT molecular complexity index is 933. The lowest BCUT2D eigenvalue weighted by atomic mass is 10.2. The number of carboxylic acids is 2. The smallest absolute Gasteiger partial charge is 0.328 e. The molecule has 0 radical (unpaired) electrons. The highest BCUT2D eigenvalue weighted by Gasteiger charge is 2.12. The molecule has 2 aromatic heterocycles. The molecule has 3 N–H and O–H groups in total. The number of H-pyrrole nitrogens is 1. The van der Waals surface area contributed by atoms with E-state index in [0.29, 0.717) is 35.0 Å². The molecule has 0 aliphatic rings. The number of imidazole rings is 1. The van der Waals surface area contributed by atoms with E-state index < -0.39 is 11.9 Å². The number of hydrogen-bond acceptors (Lipinski definition) is 7. The highest BCUT2D eigenvalue weighted by atomic mass is 16.5. The first-order valence-electron chi connectivity index (χ1n) is 7.47. The first-order chi connectivity index (χ1) is 12.9. The average molecular weight is 372 g/mol. The molecular weight excluding hydrogens is 356 g/mol. The number of ether oxygens (including phenoxy) is 2. The minimum atomic E-state index is -1.26. The highest BCUT2D eigenvalue weighted by Crippen LogP contribution is 2.32. The molecule has 2 heterocycles. The minimum absolute atomic E-state index is 0.558. The lowest BCUT2D eigenvalue weighted by Crippen LogP contribution is -1.91. The van der Waals surface area contributed by atoms with Gasteiger partial charge in [-0.2, -0.15) is 0 Å². The predicted octanol–water partition coefficient (Wildman–Crippen LogP) is 1.75. The van der Waals surface area contributed by atoms with Crippen LogP contribution in [0.5, 0.6) is 11.5 Å². The van der Waals surface area contributed by atoms with Gasteiger partial charge in [-0.15, -0.1) is 0 Å². The Kier molecular flexibility index (Phi) is 6.42. The van der Waals surface area contributed by atoms with E-state index in [9.17, 15) is 9.59 Å². The van der Waals surface area contributed by atoms with Crippen LogP contribution in [0.2, 0.25) is 0 Å². The van der Waals surface area contributed by atoms with Crippen LogP contribution >= 0.6 is 0 Å². The third kappa shape index (κ3) is 5.26. The molecule has 0 saturated heterocycles. The normalized spacial score (nSPS) is 10.3. The van der Waals surface area contributed by atoms with Crippen LogP contribution in [0.1, 0.15) is 0 Å². The number of carbonyl (C=O) groups is 2. The van der Waals surface area contributed by atoms with E-state index in [1.165, 1.54) is 0 Å². The molecule has 0 aliphatic heterocycles. The maximum Gasteiger partial charge on any atom is 0.328 e. The zero-order valence-corrected chi connectivity index (χ0v) is 14.4. The van der Waals surface area contributed by atoms with Crippen LogP contribution in [0.25, 0.3) is 22.7 Å². The number of benzene rings is 1. The topological polar surface area (TPSA) is 148 Å². The van der Waals surface area contributed by atoms with E-state index in [0.717, 1.165) is 11.3 Å². The summed E-state index contributed by atoms with van der Waals surface area (Å²) in [7, 11) is 3.22. The summed E-state index contributed by atoms with van der Waals surface area (Å²) in [6.45, 7) is 0. The summed E-state index contributed by atoms with van der Waals surface area (Å²) in [5.41, 5.74) is 2.06. The average Bonchev–Trinajstić information content (AvgIpc) is 3.10. The molecule has 27 heavy (non-hydrogen) atoms. The first kappa shape index (κ1) is 19.4. The number of methoxy groups -OCH3 is 2. The van der Waals surface area contributed by atoms with Crippen molar-refractivity contribution in [1.82, 2.24) is 19.9 Å². The molecule has 0 bridgehead atoms. The van der Waals surface area contributed by atoms with Crippen molar-refractivity contribution in [2.75, 3.05) is 14.2 Å². The number of rotatable bonds is 5. The van der Waals surface area contributed by atoms with Crippen LogP contribution in [-0.2, 0) is 9.59 Å². The second-order valence-corrected chi connectivity index (χ2v) is 4.89. The Morgan fingerprint density at radius 2 is 1.70 bits per heavy atom. The van der Waals surface area contributed by atoms with Crippen molar-refractivity contribution >= 4 is 23.2 Å². The number of carboxylic acid groups (broad SMARTS) is 2. The number of hydrogen-bond donors (Lipinski definition) is 3. The standard InChI is InChI=1S/C13H12N4O2.C4H4O4/c1-18-8-3-4-9(10(7-8)19-2)11-16-12-13(17-11)15-6-5-14-12;5-3(6)1-2-4(7)8/h3-7H,1-2H3,(H,14,15,16,17);1-2H,(H,5,6)(H,7,8). The van der Waals surface area contributed by atoms with Crippen molar-refractivity contribution in [3.05, 3.63) is 42.7 Å². The Balaban J connectivity index is 0.000000279. The molecule has 0 aliphatic carbocycles. The molecule has 0 unspecified atom stereocenters. The zero-order chi connectivity index (χ0) is 19.8. The van der Waals surface area contributed by atoms with Crippen LogP contribution in [0.15, 0.2) is 42.7 Å². The van der Waals surface area contributed by atoms with E-state index in [1.807, 2.05) is 18.2 Å². The number of nitrogens with one attached hydrogen (secondary N) is 1. The van der Waals surface area contributed by atoms with E-state index in [4.69, 9.17) is 19.7 Å². The van der Waals surface area contributed by atoms with Crippen molar-refractivity contribution in [1.29, 1.82) is 0 Å². The number of aromatic nitrogens is 4. The van der Waals surface area contributed by atoms with Gasteiger partial charge < -0.3 is 24.7 Å². The van der Waals surface area contributed by atoms with Gasteiger partial charge in [0.2, 0.25) is 0 Å². The summed E-state index contributed by atoms with van der Waals surface area (Å²) in [6.07, 6.45) is 4.35. The lowest BCUT2D eigenvalue weighted by molar-refractivity contribution is -0.134. The third-order valence-electron chi connectivity index (χ3n) is 3.17. The van der Waals surface area contributed by atoms with Gasteiger partial charge in [0.05, 0.1) is 19.8 Å². The molecule has 10 heteroatoms. The molecule has 0 spiro atoms. The largest absolute Gasteiger partial charge is 0.497 e. The number of aromatic amines is 1. The molecule has 10 nitrogen and oxygen atoms in total. The second-order valence-electron chi connectivity index (χ2n) is 4.89. The quantitative estimate of drug-likeness (QED) is 0.570. The lowest BCUT2D eigenvalue weighted by Gasteiger charge is -2.08. The fourth-order valence-corrected chi connectivity index (χ4v) is 2.01. The van der Waals surface area contributed by atoms with Gasteiger partial charge in [0.25, 0.3) is 0 Å². The maximum atomic E-state index is 9.55. The molecule has 0 amide bonds. The van der Waals surface area contributed by atoms with Gasteiger partial charge in [0, 0.05) is 30.6 Å². The fraction of sp³-hybridized carbons (Fsp3) is 0.118. The summed E-state index contributed by atoms with van der Waals surface area (Å²) in [5, 5.41) is 15.6. The number of fused-ring (bicyclic) bond motifs is 1. The molecule has 0 atom stereocenters. The summed E-state index contributed by atoms with van der Waals surface area (Å²) in [6, 6.07) is 5.55. The third-order valence-corrected chi connectivity index (χ3v) is 3.17. The van der Waals surface area contributed by atoms with Crippen molar-refractivity contribution in [2.24, 2.45) is 0 Å². The fourth-order valence-electron chi connectivity index (χ4n) is 2.01. The van der Waals surface area contributed by atoms with Crippen LogP contribution in [0.4, 0.5) is 0 Å². The van der Waals surface area contributed by atoms with Crippen molar-refractivity contribution in [2.45, 2.75) is 0 Å². The van der Waals surface area contributed by atoms with Crippen LogP contribution in [0, 0.1) is 0 Å². The number of aliphatic carboxylic acids is 2. The Morgan fingerprint density at radius 1 is 1.04 bits per heavy atom. The van der Waals surface area contributed by atoms with Gasteiger partial charge in [-0.3, -0.25) is 0 Å². The van der Waals surface area contributed by atoms with Gasteiger partial charge in [0.1, 0.15) is 17.3 Å². The summed E-state index contributed by atoms with van der Waals surface area (Å²) in [4.78, 5) is 34.9. The van der Waals surface area contributed by atoms with Gasteiger partial charge in [-0.05, 0) is 12.1 Å². The van der Waals surface area contributed by atoms with Crippen LogP contribution < -0.4 is 9.47 Å². The first-order valence-corrected chi connectivity index (χ1v) is 7.47. The minimum Gasteiger partial charge on any atom is -0.497 e. The van der Waals surface area contributed by atoms with Crippen molar-refractivity contribution in [3.63, 3.8) is 0 Å². The molecule has 1 aromatic carbocycles. The SMILES string of the molecule is COc1ccc(-c2nc3nccnc3[nH]2)c(OC)c1.O=C(O)C=CC(=O)O. The van der Waals surface area contributed by atoms with E-state index in [2.05, 4.69) is 19.9 Å². The Hall–Kier alpha value is -3.95. The van der Waals surface area contributed by atoms with Crippen LogP contribution in [0.3, 0.4) is 0 Å². The summed E-state index contributed by atoms with van der Waals surface area (Å²) in [5.74, 6) is -0.438. The van der Waals surface area contributed by atoms with Crippen LogP contribution in [-0.4, -0.2) is 56.3 Å². The van der Waals surface area contributed by atoms with E-state index >= 15 is 0 Å². The second kappa shape index (κ2) is 8.94. The molecule has 3 rings (SSSR count). The summed E-state index contributed by atoms with van der Waals surface area (Å²) >= 11 is 0. The predicted molar refractivity (Wildman–Crippen MR) is 94.6 cm³/mol. The molecule has 140 valence electrons. The van der Waals surface area contributed by atoms with Crippen molar-refractivity contribution in [3.8, 4) is 22.9 Å². The Labute approximate surface area is 153 Å². The molecule has 0 fully saturated rings. The van der Waals surface area contributed by atoms with Gasteiger partial charge >= 0.3 is 11.9 Å². The van der Waals surface area contributed by atoms with Gasteiger partial charge in [0.15, 0.2) is 11.3 Å². The zero-order valence-electron chi connectivity index (χ0n) is 14.4. The number of nitrogens with zero attached hydrogens (tertiary/aromatic N) is 3. The monoisotopic (exact) mass is 372 g/mol. The summed E-state index contributed by atoms with van der Waals surface area (Å²) < 4.78 is 10.5. The van der Waals surface area contributed by atoms with Crippen molar-refractivity contribution < 1.29 is 29.3 Å². The highest BCUT2D eigenvalue weighted by molar-refractivity contribution is 5.89. The molecule has 3 aromatic rings. The van der Waals surface area contributed by atoms with E-state index in [1.54, 1.807) is 26.6 Å². The molecular formula is C17H16N4O6. The molecule has 0 saturated carbocycles.